The fourth-order valence-corrected chi connectivity index (χ4v) is 1.13. The molecular formula is C10H21NO2. The van der Waals surface area contributed by atoms with Gasteiger partial charge in [-0.2, -0.15) is 0 Å². The first kappa shape index (κ1) is 12.4. The number of rotatable bonds is 7. The van der Waals surface area contributed by atoms with Gasteiger partial charge in [0.15, 0.2) is 0 Å². The summed E-state index contributed by atoms with van der Waals surface area (Å²) in [6.07, 6.45) is 2.14. The molecule has 3 heteroatoms. The van der Waals surface area contributed by atoms with Gasteiger partial charge in [0.2, 0.25) is 0 Å². The third-order valence-corrected chi connectivity index (χ3v) is 2.04. The lowest BCUT2D eigenvalue weighted by atomic mass is 10.0. The van der Waals surface area contributed by atoms with Crippen LogP contribution >= 0.6 is 0 Å². The summed E-state index contributed by atoms with van der Waals surface area (Å²) in [6.45, 7) is 7.31. The third kappa shape index (κ3) is 9.34. The second kappa shape index (κ2) is 6.89. The van der Waals surface area contributed by atoms with Crippen LogP contribution in [0.15, 0.2) is 0 Å². The average Bonchev–Trinajstić information content (AvgIpc) is 2.00. The third-order valence-electron chi connectivity index (χ3n) is 2.04. The molecule has 13 heavy (non-hydrogen) atoms. The van der Waals surface area contributed by atoms with Crippen molar-refractivity contribution < 1.29 is 9.90 Å². The SMILES string of the molecule is CC(CCNC(C)C)CCC(=O)O. The number of carbonyl (C=O) groups is 1. The molecular weight excluding hydrogens is 166 g/mol. The Balaban J connectivity index is 3.30. The molecule has 1 unspecified atom stereocenters. The van der Waals surface area contributed by atoms with Crippen molar-refractivity contribution >= 4 is 5.97 Å². The first-order chi connectivity index (χ1) is 6.02. The van der Waals surface area contributed by atoms with Crippen molar-refractivity contribution in [3.05, 3.63) is 0 Å². The second-order valence-electron chi connectivity index (χ2n) is 3.94. The number of nitrogens with one attached hydrogen (secondary N) is 1. The Morgan fingerprint density at radius 2 is 1.92 bits per heavy atom. The van der Waals surface area contributed by atoms with E-state index in [4.69, 9.17) is 5.11 Å². The molecule has 0 aromatic rings. The summed E-state index contributed by atoms with van der Waals surface area (Å²) in [4.78, 5) is 10.3. The molecule has 0 bridgehead atoms. The molecule has 1 atom stereocenters. The summed E-state index contributed by atoms with van der Waals surface area (Å²) >= 11 is 0. The van der Waals surface area contributed by atoms with Crippen molar-refractivity contribution in [3.63, 3.8) is 0 Å². The largest absolute Gasteiger partial charge is 0.481 e. The van der Waals surface area contributed by atoms with E-state index >= 15 is 0 Å². The Morgan fingerprint density at radius 1 is 1.31 bits per heavy atom. The van der Waals surface area contributed by atoms with Crippen molar-refractivity contribution in [2.45, 2.75) is 46.1 Å². The number of aliphatic carboxylic acids is 1. The van der Waals surface area contributed by atoms with Gasteiger partial charge in [0, 0.05) is 12.5 Å². The van der Waals surface area contributed by atoms with E-state index in [1.54, 1.807) is 0 Å². The fraction of sp³-hybridized carbons (Fsp3) is 0.900. The normalized spacial score (nSPS) is 13.2. The lowest BCUT2D eigenvalue weighted by Gasteiger charge is -2.12. The molecule has 3 nitrogen and oxygen atoms in total. The Kier molecular flexibility index (Phi) is 6.59. The zero-order chi connectivity index (χ0) is 10.3. The monoisotopic (exact) mass is 187 g/mol. The molecule has 0 aliphatic rings. The Labute approximate surface area is 80.5 Å². The molecule has 0 rings (SSSR count). The van der Waals surface area contributed by atoms with Crippen LogP contribution in [0.1, 0.15) is 40.0 Å². The van der Waals surface area contributed by atoms with Gasteiger partial charge in [-0.05, 0) is 25.3 Å². The summed E-state index contributed by atoms with van der Waals surface area (Å²) in [5.74, 6) is -0.189. The van der Waals surface area contributed by atoms with Crippen LogP contribution in [0.5, 0.6) is 0 Å². The average molecular weight is 187 g/mol. The van der Waals surface area contributed by atoms with E-state index in [0.717, 1.165) is 19.4 Å². The Hall–Kier alpha value is -0.570. The standard InChI is InChI=1S/C10H21NO2/c1-8(2)11-7-6-9(3)4-5-10(12)13/h8-9,11H,4-7H2,1-3H3,(H,12,13). The van der Waals surface area contributed by atoms with Gasteiger partial charge in [-0.15, -0.1) is 0 Å². The second-order valence-corrected chi connectivity index (χ2v) is 3.94. The maximum atomic E-state index is 10.3. The van der Waals surface area contributed by atoms with E-state index in [9.17, 15) is 4.79 Å². The van der Waals surface area contributed by atoms with E-state index < -0.39 is 5.97 Å². The topological polar surface area (TPSA) is 49.3 Å². The van der Waals surface area contributed by atoms with Crippen LogP contribution in [0, 0.1) is 5.92 Å². The van der Waals surface area contributed by atoms with E-state index in [1.807, 2.05) is 0 Å². The van der Waals surface area contributed by atoms with Gasteiger partial charge in [-0.3, -0.25) is 4.79 Å². The summed E-state index contributed by atoms with van der Waals surface area (Å²) in [6, 6.07) is 0.520. The highest BCUT2D eigenvalue weighted by Gasteiger charge is 2.05. The first-order valence-corrected chi connectivity index (χ1v) is 4.97. The van der Waals surface area contributed by atoms with Gasteiger partial charge in [-0.25, -0.2) is 0 Å². The highest BCUT2D eigenvalue weighted by molar-refractivity contribution is 5.66. The van der Waals surface area contributed by atoms with Crippen LogP contribution in [0.3, 0.4) is 0 Å². The van der Waals surface area contributed by atoms with Crippen LogP contribution in [0.4, 0.5) is 0 Å². The molecule has 0 heterocycles. The maximum absolute atomic E-state index is 10.3. The van der Waals surface area contributed by atoms with Crippen molar-refractivity contribution in [2.75, 3.05) is 6.54 Å². The van der Waals surface area contributed by atoms with Gasteiger partial charge in [0.05, 0.1) is 0 Å². The van der Waals surface area contributed by atoms with E-state index in [1.165, 1.54) is 0 Å². The highest BCUT2D eigenvalue weighted by atomic mass is 16.4. The molecule has 0 saturated heterocycles. The molecule has 0 aliphatic heterocycles. The zero-order valence-corrected chi connectivity index (χ0v) is 8.84. The molecule has 0 amide bonds. The van der Waals surface area contributed by atoms with Crippen molar-refractivity contribution in [1.29, 1.82) is 0 Å². The lowest BCUT2D eigenvalue weighted by Crippen LogP contribution is -2.25. The minimum atomic E-state index is -0.691. The summed E-state index contributed by atoms with van der Waals surface area (Å²) in [7, 11) is 0. The predicted molar refractivity (Wildman–Crippen MR) is 53.8 cm³/mol. The molecule has 0 radical (unpaired) electrons. The van der Waals surface area contributed by atoms with Gasteiger partial charge >= 0.3 is 5.97 Å². The number of hydrogen-bond acceptors (Lipinski definition) is 2. The van der Waals surface area contributed by atoms with Crippen molar-refractivity contribution in [2.24, 2.45) is 5.92 Å². The Bertz CT molecular complexity index is 146. The molecule has 0 aromatic heterocycles. The van der Waals surface area contributed by atoms with Gasteiger partial charge < -0.3 is 10.4 Å². The molecule has 0 spiro atoms. The molecule has 0 aliphatic carbocycles. The van der Waals surface area contributed by atoms with E-state index in [2.05, 4.69) is 26.1 Å². The number of hydrogen-bond donors (Lipinski definition) is 2. The quantitative estimate of drug-likeness (QED) is 0.639. The smallest absolute Gasteiger partial charge is 0.303 e. The van der Waals surface area contributed by atoms with Crippen LogP contribution in [0.2, 0.25) is 0 Å². The minimum absolute atomic E-state index is 0.294. The number of carboxylic acids is 1. The molecule has 2 N–H and O–H groups in total. The fourth-order valence-electron chi connectivity index (χ4n) is 1.13. The Morgan fingerprint density at radius 3 is 2.38 bits per heavy atom. The van der Waals surface area contributed by atoms with Crippen LogP contribution in [0.25, 0.3) is 0 Å². The molecule has 78 valence electrons. The number of carboxylic acid groups (broad SMARTS) is 1. The van der Waals surface area contributed by atoms with E-state index in [0.29, 0.717) is 18.4 Å². The lowest BCUT2D eigenvalue weighted by molar-refractivity contribution is -0.137. The summed E-state index contributed by atoms with van der Waals surface area (Å²) < 4.78 is 0. The van der Waals surface area contributed by atoms with Gasteiger partial charge in [0.25, 0.3) is 0 Å². The zero-order valence-electron chi connectivity index (χ0n) is 8.84. The van der Waals surface area contributed by atoms with Gasteiger partial charge in [-0.1, -0.05) is 20.8 Å². The van der Waals surface area contributed by atoms with Crippen molar-refractivity contribution in [3.8, 4) is 0 Å². The van der Waals surface area contributed by atoms with Crippen molar-refractivity contribution in [1.82, 2.24) is 5.32 Å². The summed E-state index contributed by atoms with van der Waals surface area (Å²) in [5, 5.41) is 11.8. The molecule has 0 fully saturated rings. The van der Waals surface area contributed by atoms with Gasteiger partial charge in [0.1, 0.15) is 0 Å². The predicted octanol–water partition coefficient (Wildman–Crippen LogP) is 1.88. The van der Waals surface area contributed by atoms with E-state index in [-0.39, 0.29) is 0 Å². The van der Waals surface area contributed by atoms with Crippen LogP contribution in [-0.4, -0.2) is 23.7 Å². The molecule has 0 aromatic carbocycles. The summed E-state index contributed by atoms with van der Waals surface area (Å²) in [5.41, 5.74) is 0. The van der Waals surface area contributed by atoms with Crippen LogP contribution in [-0.2, 0) is 4.79 Å². The highest BCUT2D eigenvalue weighted by Crippen LogP contribution is 2.09. The molecule has 0 saturated carbocycles. The first-order valence-electron chi connectivity index (χ1n) is 4.97. The maximum Gasteiger partial charge on any atom is 0.303 e. The minimum Gasteiger partial charge on any atom is -0.481 e. The van der Waals surface area contributed by atoms with Crippen LogP contribution < -0.4 is 5.32 Å².